The lowest BCUT2D eigenvalue weighted by atomic mass is 10.1. The van der Waals surface area contributed by atoms with E-state index in [1.807, 2.05) is 37.3 Å². The van der Waals surface area contributed by atoms with E-state index in [-0.39, 0.29) is 24.0 Å². The standard InChI is InChI=1S/C20H27N3O3.HI/c1-5-21-20(22-13-15-7-6-8-16(11-15)14-24-2)23-17-9-10-18(25-3)19(12-17)26-4;/h6-12H,5,13-14H2,1-4H3,(H2,21,22,23);1H. The number of aliphatic imine (C=N–C) groups is 1. The fourth-order valence-corrected chi connectivity index (χ4v) is 2.51. The first-order valence-corrected chi connectivity index (χ1v) is 8.54. The molecule has 2 aromatic carbocycles. The smallest absolute Gasteiger partial charge is 0.196 e. The SMILES string of the molecule is CCNC(=NCc1cccc(COC)c1)Nc1ccc(OC)c(OC)c1.I. The van der Waals surface area contributed by atoms with Gasteiger partial charge >= 0.3 is 0 Å². The van der Waals surface area contributed by atoms with Crippen LogP contribution in [0.25, 0.3) is 0 Å². The van der Waals surface area contributed by atoms with Gasteiger partial charge in [-0.15, -0.1) is 24.0 Å². The molecule has 148 valence electrons. The Morgan fingerprint density at radius 3 is 2.37 bits per heavy atom. The van der Waals surface area contributed by atoms with Crippen molar-refractivity contribution in [2.75, 3.05) is 33.2 Å². The predicted octanol–water partition coefficient (Wildman–Crippen LogP) is 4.05. The third-order valence-corrected chi connectivity index (χ3v) is 3.71. The molecule has 0 saturated carbocycles. The Kier molecular flexibility index (Phi) is 10.6. The van der Waals surface area contributed by atoms with E-state index in [0.29, 0.717) is 30.6 Å². The zero-order valence-electron chi connectivity index (χ0n) is 16.2. The Labute approximate surface area is 178 Å². The van der Waals surface area contributed by atoms with E-state index in [9.17, 15) is 0 Å². The van der Waals surface area contributed by atoms with Crippen molar-refractivity contribution in [2.45, 2.75) is 20.1 Å². The van der Waals surface area contributed by atoms with E-state index in [1.165, 1.54) is 0 Å². The maximum Gasteiger partial charge on any atom is 0.196 e. The zero-order chi connectivity index (χ0) is 18.8. The van der Waals surface area contributed by atoms with E-state index in [2.05, 4.69) is 27.8 Å². The number of hydrogen-bond acceptors (Lipinski definition) is 4. The number of rotatable bonds is 8. The van der Waals surface area contributed by atoms with Gasteiger partial charge in [0.1, 0.15) is 0 Å². The molecule has 0 spiro atoms. The van der Waals surface area contributed by atoms with Crippen molar-refractivity contribution < 1.29 is 14.2 Å². The van der Waals surface area contributed by atoms with Crippen molar-refractivity contribution in [3.8, 4) is 11.5 Å². The molecule has 2 aromatic rings. The molecule has 2 rings (SSSR count). The second-order valence-corrected chi connectivity index (χ2v) is 5.64. The minimum atomic E-state index is 0. The van der Waals surface area contributed by atoms with E-state index in [0.717, 1.165) is 23.4 Å². The Hall–Kier alpha value is -2.00. The van der Waals surface area contributed by atoms with E-state index >= 15 is 0 Å². The number of hydrogen-bond donors (Lipinski definition) is 2. The highest BCUT2D eigenvalue weighted by Gasteiger charge is 2.06. The van der Waals surface area contributed by atoms with Crippen molar-refractivity contribution in [3.63, 3.8) is 0 Å². The molecule has 0 amide bonds. The van der Waals surface area contributed by atoms with Crippen LogP contribution >= 0.6 is 24.0 Å². The Morgan fingerprint density at radius 1 is 0.963 bits per heavy atom. The molecule has 0 fully saturated rings. The van der Waals surface area contributed by atoms with Crippen LogP contribution in [0.2, 0.25) is 0 Å². The van der Waals surface area contributed by atoms with Crippen LogP contribution in [0.3, 0.4) is 0 Å². The lowest BCUT2D eigenvalue weighted by molar-refractivity contribution is 0.185. The maximum atomic E-state index is 5.35. The van der Waals surface area contributed by atoms with Crippen molar-refractivity contribution >= 4 is 35.6 Å². The summed E-state index contributed by atoms with van der Waals surface area (Å²) in [6.45, 7) is 3.97. The van der Waals surface area contributed by atoms with Gasteiger partial charge in [0.05, 0.1) is 27.4 Å². The monoisotopic (exact) mass is 485 g/mol. The summed E-state index contributed by atoms with van der Waals surface area (Å²) in [6.07, 6.45) is 0. The Bertz CT molecular complexity index is 738. The molecule has 2 N–H and O–H groups in total. The molecule has 0 aliphatic rings. The highest BCUT2D eigenvalue weighted by molar-refractivity contribution is 14.0. The molecule has 0 atom stereocenters. The van der Waals surface area contributed by atoms with Gasteiger partial charge in [0.25, 0.3) is 0 Å². The molecular formula is C20H28IN3O3. The summed E-state index contributed by atoms with van der Waals surface area (Å²) in [5.74, 6) is 2.06. The first-order valence-electron chi connectivity index (χ1n) is 8.54. The van der Waals surface area contributed by atoms with Gasteiger partial charge in [-0.05, 0) is 30.2 Å². The van der Waals surface area contributed by atoms with E-state index in [4.69, 9.17) is 14.2 Å². The lowest BCUT2D eigenvalue weighted by Crippen LogP contribution is -2.30. The molecule has 0 heterocycles. The molecular weight excluding hydrogens is 457 g/mol. The molecule has 0 radical (unpaired) electrons. The van der Waals surface area contributed by atoms with Gasteiger partial charge in [-0.2, -0.15) is 0 Å². The van der Waals surface area contributed by atoms with Gasteiger partial charge in [0.15, 0.2) is 17.5 Å². The number of halogens is 1. The number of nitrogens with zero attached hydrogens (tertiary/aromatic N) is 1. The van der Waals surface area contributed by atoms with Crippen LogP contribution in [0.15, 0.2) is 47.5 Å². The van der Waals surface area contributed by atoms with E-state index in [1.54, 1.807) is 21.3 Å². The summed E-state index contributed by atoms with van der Waals surface area (Å²) in [6, 6.07) is 13.9. The largest absolute Gasteiger partial charge is 0.493 e. The molecule has 0 aliphatic heterocycles. The minimum Gasteiger partial charge on any atom is -0.493 e. The Morgan fingerprint density at radius 2 is 1.70 bits per heavy atom. The zero-order valence-corrected chi connectivity index (χ0v) is 18.6. The first kappa shape index (κ1) is 23.0. The van der Waals surface area contributed by atoms with Crippen molar-refractivity contribution in [3.05, 3.63) is 53.6 Å². The highest BCUT2D eigenvalue weighted by atomic mass is 127. The van der Waals surface area contributed by atoms with E-state index < -0.39 is 0 Å². The molecule has 0 bridgehead atoms. The molecule has 6 nitrogen and oxygen atoms in total. The fraction of sp³-hybridized carbons (Fsp3) is 0.350. The van der Waals surface area contributed by atoms with Crippen molar-refractivity contribution in [1.29, 1.82) is 0 Å². The molecule has 0 aliphatic carbocycles. The van der Waals surface area contributed by atoms with Crippen molar-refractivity contribution in [2.24, 2.45) is 4.99 Å². The normalized spacial score (nSPS) is 10.7. The van der Waals surface area contributed by atoms with Crippen LogP contribution in [0.5, 0.6) is 11.5 Å². The summed E-state index contributed by atoms with van der Waals surface area (Å²) < 4.78 is 15.8. The number of nitrogens with one attached hydrogen (secondary N) is 2. The van der Waals surface area contributed by atoms with Gasteiger partial charge in [-0.25, -0.2) is 4.99 Å². The second-order valence-electron chi connectivity index (χ2n) is 5.64. The summed E-state index contributed by atoms with van der Waals surface area (Å²) >= 11 is 0. The molecule has 0 saturated heterocycles. The average molecular weight is 485 g/mol. The van der Waals surface area contributed by atoms with Crippen LogP contribution in [-0.4, -0.2) is 33.8 Å². The number of anilines is 1. The van der Waals surface area contributed by atoms with Crippen molar-refractivity contribution in [1.82, 2.24) is 5.32 Å². The first-order chi connectivity index (χ1) is 12.7. The highest BCUT2D eigenvalue weighted by Crippen LogP contribution is 2.29. The second kappa shape index (κ2) is 12.4. The average Bonchev–Trinajstić information content (AvgIpc) is 2.67. The summed E-state index contributed by atoms with van der Waals surface area (Å²) in [5.41, 5.74) is 3.14. The Balaban J connectivity index is 0.00000364. The van der Waals surface area contributed by atoms with Gasteiger partial charge < -0.3 is 24.8 Å². The number of methoxy groups -OCH3 is 3. The molecule has 27 heavy (non-hydrogen) atoms. The molecule has 7 heteroatoms. The van der Waals surface area contributed by atoms with Gasteiger partial charge in [0.2, 0.25) is 0 Å². The predicted molar refractivity (Wildman–Crippen MR) is 121 cm³/mol. The van der Waals surface area contributed by atoms with Crippen LogP contribution in [0.1, 0.15) is 18.1 Å². The van der Waals surface area contributed by atoms with Gasteiger partial charge in [-0.1, -0.05) is 24.3 Å². The maximum absolute atomic E-state index is 5.35. The number of benzene rings is 2. The van der Waals surface area contributed by atoms with Crippen LogP contribution in [0, 0.1) is 0 Å². The summed E-state index contributed by atoms with van der Waals surface area (Å²) in [5, 5.41) is 6.54. The minimum absolute atomic E-state index is 0. The topological polar surface area (TPSA) is 64.1 Å². The molecule has 0 aromatic heterocycles. The number of guanidine groups is 1. The third kappa shape index (κ3) is 7.26. The molecule has 0 unspecified atom stereocenters. The van der Waals surface area contributed by atoms with Gasteiger partial charge in [-0.3, -0.25) is 0 Å². The van der Waals surface area contributed by atoms with Crippen LogP contribution in [-0.2, 0) is 17.9 Å². The lowest BCUT2D eigenvalue weighted by Gasteiger charge is -2.14. The fourth-order valence-electron chi connectivity index (χ4n) is 2.51. The third-order valence-electron chi connectivity index (χ3n) is 3.71. The number of ether oxygens (including phenoxy) is 3. The van der Waals surface area contributed by atoms with Gasteiger partial charge in [0, 0.05) is 25.4 Å². The summed E-state index contributed by atoms with van der Waals surface area (Å²) in [7, 11) is 4.93. The van der Waals surface area contributed by atoms with Crippen LogP contribution in [0.4, 0.5) is 5.69 Å². The quantitative estimate of drug-likeness (QED) is 0.336. The summed E-state index contributed by atoms with van der Waals surface area (Å²) in [4.78, 5) is 4.66. The van der Waals surface area contributed by atoms with Crippen LogP contribution < -0.4 is 20.1 Å².